The summed E-state index contributed by atoms with van der Waals surface area (Å²) in [6, 6.07) is 1.75. The molecule has 1 saturated carbocycles. The molecule has 1 aromatic carbocycles. The molecule has 2 atom stereocenters. The third-order valence-corrected chi connectivity index (χ3v) is 6.59. The van der Waals surface area contributed by atoms with Crippen LogP contribution in [0.1, 0.15) is 61.0 Å². The Labute approximate surface area is 168 Å². The molecule has 5 rings (SSSR count). The fraction of sp³-hybridized carbons (Fsp3) is 0.545. The number of carbonyl (C=O) groups is 1. The van der Waals surface area contributed by atoms with Gasteiger partial charge in [0, 0.05) is 41.8 Å². The first-order chi connectivity index (χ1) is 14.0. The summed E-state index contributed by atoms with van der Waals surface area (Å²) in [5, 5.41) is 0.278. The number of nitrogens with two attached hydrogens (primary N) is 1. The Hall–Kier alpha value is -2.41. The molecule has 0 radical (unpaired) electrons. The molecule has 3 aliphatic rings. The summed E-state index contributed by atoms with van der Waals surface area (Å²) < 4.78 is 22.5. The summed E-state index contributed by atoms with van der Waals surface area (Å²) in [5.41, 5.74) is 8.11. The van der Waals surface area contributed by atoms with E-state index in [1.807, 2.05) is 4.57 Å². The van der Waals surface area contributed by atoms with Gasteiger partial charge >= 0.3 is 5.97 Å². The second-order valence-electron chi connectivity index (χ2n) is 8.42. The van der Waals surface area contributed by atoms with Gasteiger partial charge in [0.1, 0.15) is 11.4 Å². The average molecular weight is 399 g/mol. The molecule has 154 valence electrons. The maximum Gasteiger partial charge on any atom is 0.343 e. The van der Waals surface area contributed by atoms with Gasteiger partial charge in [0.25, 0.3) is 0 Å². The van der Waals surface area contributed by atoms with Crippen molar-refractivity contribution in [3.8, 4) is 0 Å². The third-order valence-electron chi connectivity index (χ3n) is 6.59. The number of aromatic nitrogens is 1. The van der Waals surface area contributed by atoms with Gasteiger partial charge in [-0.05, 0) is 51.5 Å². The van der Waals surface area contributed by atoms with Crippen LogP contribution in [0, 0.1) is 5.82 Å². The number of fused-ring (bicyclic) bond motifs is 5. The molecule has 2 N–H and O–H groups in total. The first-order valence-corrected chi connectivity index (χ1v) is 10.6. The summed E-state index contributed by atoms with van der Waals surface area (Å²) >= 11 is 0. The Balaban J connectivity index is 1.80. The van der Waals surface area contributed by atoms with Crippen LogP contribution < -0.4 is 16.1 Å². The minimum atomic E-state index is -0.644. The van der Waals surface area contributed by atoms with Crippen molar-refractivity contribution in [2.75, 3.05) is 18.1 Å². The van der Waals surface area contributed by atoms with Gasteiger partial charge in [0.05, 0.1) is 17.8 Å². The summed E-state index contributed by atoms with van der Waals surface area (Å²) in [6.07, 6.45) is 6.99. The fourth-order valence-corrected chi connectivity index (χ4v) is 5.11. The highest BCUT2D eigenvalue weighted by Crippen LogP contribution is 2.43. The molecule has 0 unspecified atom stereocenters. The lowest BCUT2D eigenvalue weighted by Crippen LogP contribution is -2.39. The van der Waals surface area contributed by atoms with Gasteiger partial charge in [-0.1, -0.05) is 0 Å². The van der Waals surface area contributed by atoms with Crippen LogP contribution in [0.4, 0.5) is 10.1 Å². The standard InChI is InChI=1S/C22H26FN3O3/c1-2-29-22(28)15-11-26(12-6-7-12)19-13-4-3-5-18-17(24)8-9-25(18)20(13)16(23)10-14(19)21(15)27/h10-12,17-18H,2-9,24H2,1H3/t17-,18-/m1/s1. The minimum Gasteiger partial charge on any atom is -0.462 e. The van der Waals surface area contributed by atoms with E-state index in [0.29, 0.717) is 12.1 Å². The van der Waals surface area contributed by atoms with Crippen LogP contribution in [0.5, 0.6) is 0 Å². The number of hydrogen-bond acceptors (Lipinski definition) is 5. The van der Waals surface area contributed by atoms with Crippen LogP contribution in [0.15, 0.2) is 17.1 Å². The summed E-state index contributed by atoms with van der Waals surface area (Å²) in [7, 11) is 0. The smallest absolute Gasteiger partial charge is 0.343 e. The van der Waals surface area contributed by atoms with Crippen LogP contribution in [0.25, 0.3) is 10.9 Å². The minimum absolute atomic E-state index is 0.0136. The quantitative estimate of drug-likeness (QED) is 0.803. The molecule has 1 aliphatic carbocycles. The highest BCUT2D eigenvalue weighted by atomic mass is 19.1. The number of ether oxygens (including phenoxy) is 1. The van der Waals surface area contributed by atoms with Gasteiger partial charge in [-0.25, -0.2) is 9.18 Å². The van der Waals surface area contributed by atoms with E-state index in [1.54, 1.807) is 13.1 Å². The van der Waals surface area contributed by atoms with Crippen LogP contribution in [-0.2, 0) is 11.2 Å². The first-order valence-electron chi connectivity index (χ1n) is 10.6. The van der Waals surface area contributed by atoms with E-state index in [1.165, 1.54) is 6.07 Å². The first kappa shape index (κ1) is 18.6. The fourth-order valence-electron chi connectivity index (χ4n) is 5.11. The van der Waals surface area contributed by atoms with Crippen molar-refractivity contribution in [3.63, 3.8) is 0 Å². The summed E-state index contributed by atoms with van der Waals surface area (Å²) in [4.78, 5) is 27.6. The number of halogens is 1. The molecule has 1 saturated heterocycles. The van der Waals surface area contributed by atoms with Gasteiger partial charge in [-0.2, -0.15) is 0 Å². The van der Waals surface area contributed by atoms with Crippen molar-refractivity contribution in [2.24, 2.45) is 5.73 Å². The van der Waals surface area contributed by atoms with Crippen molar-refractivity contribution in [1.29, 1.82) is 0 Å². The van der Waals surface area contributed by atoms with Gasteiger partial charge in [0.15, 0.2) is 0 Å². The molecule has 2 aromatic rings. The van der Waals surface area contributed by atoms with E-state index in [0.717, 1.165) is 49.7 Å². The normalized spacial score (nSPS) is 23.6. The Morgan fingerprint density at radius 3 is 2.83 bits per heavy atom. The van der Waals surface area contributed by atoms with E-state index in [9.17, 15) is 9.59 Å². The highest BCUT2D eigenvalue weighted by molar-refractivity contribution is 5.96. The van der Waals surface area contributed by atoms with Gasteiger partial charge in [-0.3, -0.25) is 4.79 Å². The van der Waals surface area contributed by atoms with E-state index >= 15 is 4.39 Å². The molecule has 2 aliphatic heterocycles. The Morgan fingerprint density at radius 1 is 1.31 bits per heavy atom. The maximum atomic E-state index is 15.4. The highest BCUT2D eigenvalue weighted by Gasteiger charge is 2.38. The monoisotopic (exact) mass is 399 g/mol. The zero-order valence-electron chi connectivity index (χ0n) is 16.6. The van der Waals surface area contributed by atoms with E-state index in [4.69, 9.17) is 10.5 Å². The molecule has 29 heavy (non-hydrogen) atoms. The van der Waals surface area contributed by atoms with Crippen LogP contribution in [0.2, 0.25) is 0 Å². The van der Waals surface area contributed by atoms with Crippen molar-refractivity contribution in [2.45, 2.75) is 63.6 Å². The molecule has 2 fully saturated rings. The second-order valence-corrected chi connectivity index (χ2v) is 8.42. The summed E-state index contributed by atoms with van der Waals surface area (Å²) in [6.45, 7) is 2.62. The molecular formula is C22H26FN3O3. The zero-order chi connectivity index (χ0) is 20.3. The Morgan fingerprint density at radius 2 is 2.10 bits per heavy atom. The lowest BCUT2D eigenvalue weighted by molar-refractivity contribution is 0.0524. The largest absolute Gasteiger partial charge is 0.462 e. The SMILES string of the molecule is CCOC(=O)c1cn(C2CC2)c2c3c(c(F)cc2c1=O)N1CC[C@@H](N)[C@H]1CCC3. The molecule has 7 heteroatoms. The van der Waals surface area contributed by atoms with Gasteiger partial charge in [-0.15, -0.1) is 0 Å². The number of esters is 1. The number of rotatable bonds is 3. The second kappa shape index (κ2) is 6.83. The zero-order valence-corrected chi connectivity index (χ0v) is 16.6. The number of hydrogen-bond donors (Lipinski definition) is 1. The third kappa shape index (κ3) is 2.86. The van der Waals surface area contributed by atoms with Crippen molar-refractivity contribution >= 4 is 22.6 Å². The van der Waals surface area contributed by atoms with E-state index < -0.39 is 17.2 Å². The number of anilines is 1. The lowest BCUT2D eigenvalue weighted by atomic mass is 9.99. The van der Waals surface area contributed by atoms with E-state index in [2.05, 4.69) is 4.90 Å². The molecule has 6 nitrogen and oxygen atoms in total. The molecule has 0 spiro atoms. The number of aryl methyl sites for hydroxylation is 1. The van der Waals surface area contributed by atoms with Gasteiger partial charge < -0.3 is 19.9 Å². The molecular weight excluding hydrogens is 373 g/mol. The van der Waals surface area contributed by atoms with Crippen molar-refractivity contribution in [3.05, 3.63) is 39.4 Å². The maximum absolute atomic E-state index is 15.4. The molecule has 3 heterocycles. The number of benzene rings is 1. The Bertz CT molecular complexity index is 1060. The van der Waals surface area contributed by atoms with Crippen LogP contribution in [-0.4, -0.2) is 35.8 Å². The van der Waals surface area contributed by atoms with Crippen molar-refractivity contribution < 1.29 is 13.9 Å². The average Bonchev–Trinajstić information content (AvgIpc) is 3.49. The lowest BCUT2D eigenvalue weighted by Gasteiger charge is -2.29. The number of pyridine rings is 1. The summed E-state index contributed by atoms with van der Waals surface area (Å²) in [5.74, 6) is -1.04. The predicted molar refractivity (Wildman–Crippen MR) is 109 cm³/mol. The molecule has 0 amide bonds. The topological polar surface area (TPSA) is 77.6 Å². The van der Waals surface area contributed by atoms with E-state index in [-0.39, 0.29) is 35.7 Å². The van der Waals surface area contributed by atoms with Crippen molar-refractivity contribution in [1.82, 2.24) is 4.57 Å². The molecule has 1 aromatic heterocycles. The van der Waals surface area contributed by atoms with Crippen LogP contribution in [0.3, 0.4) is 0 Å². The predicted octanol–water partition coefficient (Wildman–Crippen LogP) is 2.89. The number of nitrogens with zero attached hydrogens (tertiary/aromatic N) is 2. The van der Waals surface area contributed by atoms with Gasteiger partial charge in [0.2, 0.25) is 5.43 Å². The Kier molecular flexibility index (Phi) is 4.38. The van der Waals surface area contributed by atoms with Crippen LogP contribution >= 0.6 is 0 Å². The number of carbonyl (C=O) groups excluding carboxylic acids is 1. The molecule has 0 bridgehead atoms.